The van der Waals surface area contributed by atoms with Crippen molar-refractivity contribution in [1.82, 2.24) is 9.78 Å². The van der Waals surface area contributed by atoms with Crippen LogP contribution in [0.2, 0.25) is 10.0 Å². The molecular formula is C20H20Cl2N4S. The van der Waals surface area contributed by atoms with Gasteiger partial charge >= 0.3 is 0 Å². The molecule has 0 bridgehead atoms. The van der Waals surface area contributed by atoms with Gasteiger partial charge in [0.1, 0.15) is 0 Å². The summed E-state index contributed by atoms with van der Waals surface area (Å²) >= 11 is 17.5. The summed E-state index contributed by atoms with van der Waals surface area (Å²) in [6.07, 6.45) is 0. The second-order valence-electron chi connectivity index (χ2n) is 6.43. The van der Waals surface area contributed by atoms with Gasteiger partial charge in [-0.3, -0.25) is 4.68 Å². The van der Waals surface area contributed by atoms with Crippen LogP contribution in [0, 0.1) is 20.8 Å². The highest BCUT2D eigenvalue weighted by atomic mass is 35.5. The van der Waals surface area contributed by atoms with E-state index in [0.717, 1.165) is 22.8 Å². The Bertz CT molecular complexity index is 960. The molecule has 3 aromatic rings. The van der Waals surface area contributed by atoms with Gasteiger partial charge in [0, 0.05) is 15.7 Å². The SMILES string of the molecule is Cc1ccc(Cn2nc(C)c(NC(=S)Nc3cc(Cl)cc(Cl)c3)c2C)cc1. The van der Waals surface area contributed by atoms with Crippen LogP contribution >= 0.6 is 35.4 Å². The molecule has 0 saturated carbocycles. The number of hydrogen-bond donors (Lipinski definition) is 2. The van der Waals surface area contributed by atoms with Crippen molar-refractivity contribution in [2.45, 2.75) is 27.3 Å². The highest BCUT2D eigenvalue weighted by Gasteiger charge is 2.13. The van der Waals surface area contributed by atoms with Crippen LogP contribution in [0.1, 0.15) is 22.5 Å². The molecule has 1 aromatic heterocycles. The summed E-state index contributed by atoms with van der Waals surface area (Å²) in [4.78, 5) is 0. The van der Waals surface area contributed by atoms with Crippen molar-refractivity contribution in [2.24, 2.45) is 0 Å². The Morgan fingerprint density at radius 3 is 2.26 bits per heavy atom. The summed E-state index contributed by atoms with van der Waals surface area (Å²) in [6, 6.07) is 13.7. The lowest BCUT2D eigenvalue weighted by molar-refractivity contribution is 0.659. The third-order valence-electron chi connectivity index (χ3n) is 4.19. The molecular weight excluding hydrogens is 399 g/mol. The Hall–Kier alpha value is -2.08. The highest BCUT2D eigenvalue weighted by molar-refractivity contribution is 7.80. The maximum absolute atomic E-state index is 6.03. The number of benzene rings is 2. The minimum Gasteiger partial charge on any atom is -0.332 e. The fraction of sp³-hybridized carbons (Fsp3) is 0.200. The summed E-state index contributed by atoms with van der Waals surface area (Å²) < 4.78 is 1.97. The molecule has 0 saturated heterocycles. The van der Waals surface area contributed by atoms with Gasteiger partial charge in [-0.05, 0) is 56.8 Å². The van der Waals surface area contributed by atoms with Crippen molar-refractivity contribution in [3.8, 4) is 0 Å². The summed E-state index contributed by atoms with van der Waals surface area (Å²) in [5, 5.41) is 12.5. The normalized spacial score (nSPS) is 10.7. The molecule has 2 aromatic carbocycles. The maximum atomic E-state index is 6.03. The molecule has 0 spiro atoms. The number of thiocarbonyl (C=S) groups is 1. The van der Waals surface area contributed by atoms with E-state index in [9.17, 15) is 0 Å². The van der Waals surface area contributed by atoms with E-state index < -0.39 is 0 Å². The summed E-state index contributed by atoms with van der Waals surface area (Å²) in [5.74, 6) is 0. The number of rotatable bonds is 4. The fourth-order valence-corrected chi connectivity index (χ4v) is 3.55. The molecule has 27 heavy (non-hydrogen) atoms. The molecule has 7 heteroatoms. The van der Waals surface area contributed by atoms with Gasteiger partial charge in [0.15, 0.2) is 5.11 Å². The number of aryl methyl sites for hydroxylation is 2. The second-order valence-corrected chi connectivity index (χ2v) is 7.71. The van der Waals surface area contributed by atoms with E-state index in [1.807, 2.05) is 18.5 Å². The van der Waals surface area contributed by atoms with Crippen molar-refractivity contribution in [2.75, 3.05) is 10.6 Å². The van der Waals surface area contributed by atoms with E-state index in [1.165, 1.54) is 11.1 Å². The third kappa shape index (κ3) is 5.01. The van der Waals surface area contributed by atoms with Crippen LogP contribution in [-0.4, -0.2) is 14.9 Å². The molecule has 0 unspecified atom stereocenters. The Kier molecular flexibility index (Phi) is 6.05. The van der Waals surface area contributed by atoms with Gasteiger partial charge in [0.25, 0.3) is 0 Å². The van der Waals surface area contributed by atoms with Gasteiger partial charge in [-0.25, -0.2) is 0 Å². The molecule has 0 aliphatic carbocycles. The minimum absolute atomic E-state index is 0.453. The minimum atomic E-state index is 0.453. The average molecular weight is 419 g/mol. The molecule has 3 rings (SSSR count). The number of nitrogens with zero attached hydrogens (tertiary/aromatic N) is 2. The molecule has 2 N–H and O–H groups in total. The lowest BCUT2D eigenvalue weighted by Crippen LogP contribution is -2.20. The van der Waals surface area contributed by atoms with E-state index in [1.54, 1.807) is 18.2 Å². The first-order valence-corrected chi connectivity index (χ1v) is 9.62. The zero-order valence-electron chi connectivity index (χ0n) is 15.3. The lowest BCUT2D eigenvalue weighted by atomic mass is 10.1. The monoisotopic (exact) mass is 418 g/mol. The standard InChI is InChI=1S/C20H20Cl2N4S/c1-12-4-6-15(7-5-12)11-26-14(3)19(13(2)25-26)24-20(27)23-18-9-16(21)8-17(22)10-18/h4-10H,11H2,1-3H3,(H2,23,24,27). The van der Waals surface area contributed by atoms with Crippen LogP contribution in [-0.2, 0) is 6.54 Å². The molecule has 4 nitrogen and oxygen atoms in total. The zero-order valence-corrected chi connectivity index (χ0v) is 17.6. The van der Waals surface area contributed by atoms with Gasteiger partial charge in [-0.2, -0.15) is 5.10 Å². The average Bonchev–Trinajstić information content (AvgIpc) is 2.83. The smallest absolute Gasteiger partial charge is 0.175 e. The van der Waals surface area contributed by atoms with E-state index in [2.05, 4.69) is 46.9 Å². The molecule has 0 aliphatic heterocycles. The summed E-state index contributed by atoms with van der Waals surface area (Å²) in [7, 11) is 0. The first kappa shape index (κ1) is 19.7. The van der Waals surface area contributed by atoms with Crippen LogP contribution in [0.15, 0.2) is 42.5 Å². The van der Waals surface area contributed by atoms with Crippen molar-refractivity contribution >= 4 is 51.9 Å². The largest absolute Gasteiger partial charge is 0.332 e. The van der Waals surface area contributed by atoms with Crippen LogP contribution in [0.25, 0.3) is 0 Å². The van der Waals surface area contributed by atoms with Gasteiger partial charge in [0.05, 0.1) is 23.6 Å². The van der Waals surface area contributed by atoms with E-state index >= 15 is 0 Å². The van der Waals surface area contributed by atoms with E-state index in [0.29, 0.717) is 21.7 Å². The zero-order chi connectivity index (χ0) is 19.6. The number of nitrogens with one attached hydrogen (secondary N) is 2. The van der Waals surface area contributed by atoms with Gasteiger partial charge in [-0.15, -0.1) is 0 Å². The molecule has 0 aliphatic rings. The molecule has 0 amide bonds. The highest BCUT2D eigenvalue weighted by Crippen LogP contribution is 2.24. The topological polar surface area (TPSA) is 41.9 Å². The van der Waals surface area contributed by atoms with Crippen molar-refractivity contribution < 1.29 is 0 Å². The Labute approximate surface area is 174 Å². The predicted octanol–water partition coefficient (Wildman–Crippen LogP) is 5.97. The fourth-order valence-electron chi connectivity index (χ4n) is 2.80. The lowest BCUT2D eigenvalue weighted by Gasteiger charge is -2.12. The Morgan fingerprint density at radius 2 is 1.63 bits per heavy atom. The number of hydrogen-bond acceptors (Lipinski definition) is 2. The number of aromatic nitrogens is 2. The second kappa shape index (κ2) is 8.30. The van der Waals surface area contributed by atoms with Crippen LogP contribution in [0.5, 0.6) is 0 Å². The van der Waals surface area contributed by atoms with Crippen molar-refractivity contribution in [3.05, 3.63) is 75.0 Å². The first-order chi connectivity index (χ1) is 12.8. The molecule has 0 fully saturated rings. The van der Waals surface area contributed by atoms with Gasteiger partial charge in [-0.1, -0.05) is 53.0 Å². The molecule has 140 valence electrons. The molecule has 1 heterocycles. The quantitative estimate of drug-likeness (QED) is 0.511. The number of anilines is 2. The Morgan fingerprint density at radius 1 is 1.00 bits per heavy atom. The summed E-state index contributed by atoms with van der Waals surface area (Å²) in [6.45, 7) is 6.77. The van der Waals surface area contributed by atoms with Crippen LogP contribution in [0.4, 0.5) is 11.4 Å². The molecule has 0 radical (unpaired) electrons. The summed E-state index contributed by atoms with van der Waals surface area (Å²) in [5.41, 5.74) is 5.97. The molecule has 0 atom stereocenters. The van der Waals surface area contributed by atoms with Crippen LogP contribution in [0.3, 0.4) is 0 Å². The van der Waals surface area contributed by atoms with Crippen molar-refractivity contribution in [3.63, 3.8) is 0 Å². The third-order valence-corrected chi connectivity index (χ3v) is 4.83. The van der Waals surface area contributed by atoms with Crippen molar-refractivity contribution in [1.29, 1.82) is 0 Å². The Balaban J connectivity index is 1.74. The first-order valence-electron chi connectivity index (χ1n) is 8.45. The predicted molar refractivity (Wildman–Crippen MR) is 118 cm³/mol. The van der Waals surface area contributed by atoms with E-state index in [-0.39, 0.29) is 0 Å². The van der Waals surface area contributed by atoms with Gasteiger partial charge < -0.3 is 10.6 Å². The maximum Gasteiger partial charge on any atom is 0.175 e. The number of halogens is 2. The van der Waals surface area contributed by atoms with Gasteiger partial charge in [0.2, 0.25) is 0 Å². The van der Waals surface area contributed by atoms with E-state index in [4.69, 9.17) is 35.4 Å². The van der Waals surface area contributed by atoms with Crippen LogP contribution < -0.4 is 10.6 Å².